The van der Waals surface area contributed by atoms with Crippen molar-refractivity contribution in [3.8, 4) is 5.75 Å². The number of aromatic hydroxyl groups is 1. The molecule has 1 amide bonds. The number of carbonyl (C=O) groups excluding carboxylic acids is 1. The highest BCUT2D eigenvalue weighted by Gasteiger charge is 2.59. The average molecular weight is 676 g/mol. The van der Waals surface area contributed by atoms with E-state index in [-0.39, 0.29) is 23.0 Å². The summed E-state index contributed by atoms with van der Waals surface area (Å²) in [5.74, 6) is 1.36. The lowest BCUT2D eigenvalue weighted by Gasteiger charge is -2.54. The largest absolute Gasteiger partial charge is 0.508 e. The maximum atomic E-state index is 16.1. The number of rotatable bonds is 20. The fourth-order valence-corrected chi connectivity index (χ4v) is 10.1. The van der Waals surface area contributed by atoms with Crippen molar-refractivity contribution in [1.29, 1.82) is 0 Å². The lowest BCUT2D eigenvalue weighted by molar-refractivity contribution is -0.131. The van der Waals surface area contributed by atoms with Crippen LogP contribution in [0.25, 0.3) is 0 Å². The summed E-state index contributed by atoms with van der Waals surface area (Å²) in [5, 5.41) is 21.3. The van der Waals surface area contributed by atoms with E-state index in [0.29, 0.717) is 30.6 Å². The molecule has 5 rings (SSSR count). The SMILES string of the molecule is CCCCCCCCCCCC(=O)N(CCCCC[C@@H]1Cc2cc(O)ccc2[C@@H]2[C@@H]1[C@@H]1CC[C@H](O)[C@@]1(C)C[C@@H]2F)CCCc1ccccc1. The molecule has 7 atom stereocenters. The molecule has 3 aliphatic rings. The van der Waals surface area contributed by atoms with Crippen LogP contribution in [0.1, 0.15) is 152 Å². The number of hydrogen-bond donors (Lipinski definition) is 2. The molecule has 0 radical (unpaired) electrons. The van der Waals surface area contributed by atoms with Gasteiger partial charge in [0.15, 0.2) is 0 Å². The summed E-state index contributed by atoms with van der Waals surface area (Å²) in [7, 11) is 0. The number of carbonyl (C=O) groups is 1. The van der Waals surface area contributed by atoms with E-state index in [0.717, 1.165) is 94.8 Å². The highest BCUT2D eigenvalue weighted by molar-refractivity contribution is 5.76. The van der Waals surface area contributed by atoms with Crippen molar-refractivity contribution < 1.29 is 19.4 Å². The summed E-state index contributed by atoms with van der Waals surface area (Å²) >= 11 is 0. The van der Waals surface area contributed by atoms with Gasteiger partial charge in [-0.3, -0.25) is 4.79 Å². The van der Waals surface area contributed by atoms with E-state index < -0.39 is 12.3 Å². The van der Waals surface area contributed by atoms with Crippen molar-refractivity contribution in [2.24, 2.45) is 23.2 Å². The quantitative estimate of drug-likeness (QED) is 0.137. The van der Waals surface area contributed by atoms with Gasteiger partial charge in [-0.1, -0.05) is 114 Å². The lowest BCUT2D eigenvalue weighted by atomic mass is 9.51. The van der Waals surface area contributed by atoms with E-state index in [9.17, 15) is 15.0 Å². The summed E-state index contributed by atoms with van der Waals surface area (Å²) in [6.45, 7) is 6.03. The van der Waals surface area contributed by atoms with Gasteiger partial charge in [0.25, 0.3) is 0 Å². The summed E-state index contributed by atoms with van der Waals surface area (Å²) in [5.41, 5.74) is 3.19. The highest BCUT2D eigenvalue weighted by atomic mass is 19.1. The van der Waals surface area contributed by atoms with Gasteiger partial charge in [-0.15, -0.1) is 0 Å². The second kappa shape index (κ2) is 18.7. The molecule has 0 aliphatic heterocycles. The number of nitrogens with zero attached hydrogens (tertiary/aromatic N) is 1. The van der Waals surface area contributed by atoms with Gasteiger partial charge in [0.05, 0.1) is 6.10 Å². The molecule has 0 aromatic heterocycles. The standard InChI is InChI=1S/C44H66FNO3/c1-3-4-5-6-7-8-9-10-16-23-41(49)46(29-18-21-33-19-13-11-14-20-33)28-17-12-15-22-34-30-35-31-36(47)24-25-37(35)43-39(45)32-44(2)38(42(34)43)26-27-40(44)48/h11,13-14,19-20,24-25,31,34,38-40,42-43,47-48H,3-10,12,15-18,21-23,26-30,32H2,1-2H3/t34-,38+,39+,40+,42+,43+,44+/m1/s1. The van der Waals surface area contributed by atoms with Crippen LogP contribution >= 0.6 is 0 Å². The van der Waals surface area contributed by atoms with Crippen molar-refractivity contribution in [2.45, 2.75) is 160 Å². The van der Waals surface area contributed by atoms with E-state index in [1.54, 1.807) is 6.07 Å². The summed E-state index contributed by atoms with van der Waals surface area (Å²) < 4.78 is 16.1. The fraction of sp³-hybridized carbons (Fsp3) is 0.705. The summed E-state index contributed by atoms with van der Waals surface area (Å²) in [4.78, 5) is 15.6. The maximum absolute atomic E-state index is 16.1. The summed E-state index contributed by atoms with van der Waals surface area (Å²) in [6, 6.07) is 16.2. The molecule has 2 saturated carbocycles. The predicted octanol–water partition coefficient (Wildman–Crippen LogP) is 10.7. The van der Waals surface area contributed by atoms with Gasteiger partial charge >= 0.3 is 0 Å². The first-order valence-electron chi connectivity index (χ1n) is 20.3. The number of alkyl halides is 1. The van der Waals surface area contributed by atoms with Crippen LogP contribution in [0.4, 0.5) is 4.39 Å². The normalized spacial score (nSPS) is 27.3. The van der Waals surface area contributed by atoms with Crippen molar-refractivity contribution in [1.82, 2.24) is 4.90 Å². The van der Waals surface area contributed by atoms with Gasteiger partial charge in [0.1, 0.15) is 11.9 Å². The Hall–Kier alpha value is -2.40. The number of amides is 1. The number of halogens is 1. The van der Waals surface area contributed by atoms with Crippen LogP contribution in [0.2, 0.25) is 0 Å². The van der Waals surface area contributed by atoms with Crippen LogP contribution in [0.15, 0.2) is 48.5 Å². The smallest absolute Gasteiger partial charge is 0.222 e. The molecule has 2 aromatic rings. The number of aliphatic hydroxyl groups excluding tert-OH is 1. The lowest BCUT2D eigenvalue weighted by Crippen LogP contribution is -2.51. The second-order valence-electron chi connectivity index (χ2n) is 16.3. The van der Waals surface area contributed by atoms with Gasteiger partial charge in [-0.05, 0) is 110 Å². The zero-order valence-electron chi connectivity index (χ0n) is 30.8. The molecular weight excluding hydrogens is 609 g/mol. The number of aliphatic hydroxyl groups is 1. The van der Waals surface area contributed by atoms with Crippen molar-refractivity contribution in [2.75, 3.05) is 13.1 Å². The van der Waals surface area contributed by atoms with E-state index in [1.807, 2.05) is 12.1 Å². The van der Waals surface area contributed by atoms with E-state index in [1.165, 1.54) is 50.5 Å². The monoisotopic (exact) mass is 676 g/mol. The third kappa shape index (κ3) is 9.89. The first-order chi connectivity index (χ1) is 23.8. The number of fused-ring (bicyclic) bond motifs is 5. The predicted molar refractivity (Wildman–Crippen MR) is 200 cm³/mol. The molecule has 2 aromatic carbocycles. The Bertz CT molecular complexity index is 1280. The number of phenolic OH excluding ortho intramolecular Hbond substituents is 1. The molecule has 272 valence electrons. The zero-order chi connectivity index (χ0) is 34.6. The van der Waals surface area contributed by atoms with Crippen molar-refractivity contribution >= 4 is 5.91 Å². The molecule has 5 heteroatoms. The van der Waals surface area contributed by atoms with Crippen LogP contribution < -0.4 is 0 Å². The topological polar surface area (TPSA) is 60.8 Å². The van der Waals surface area contributed by atoms with E-state index in [4.69, 9.17) is 0 Å². The van der Waals surface area contributed by atoms with Crippen LogP contribution in [0.3, 0.4) is 0 Å². The molecule has 49 heavy (non-hydrogen) atoms. The Kier molecular flexibility index (Phi) is 14.5. The molecule has 0 spiro atoms. The van der Waals surface area contributed by atoms with Crippen LogP contribution in [0, 0.1) is 23.2 Å². The number of unbranched alkanes of at least 4 members (excludes halogenated alkanes) is 10. The van der Waals surface area contributed by atoms with E-state index >= 15 is 4.39 Å². The Balaban J connectivity index is 1.13. The Labute approximate surface area is 297 Å². The first-order valence-corrected chi connectivity index (χ1v) is 20.3. The Morgan fingerprint density at radius 1 is 0.878 bits per heavy atom. The number of phenols is 1. The maximum Gasteiger partial charge on any atom is 0.222 e. The molecule has 4 nitrogen and oxygen atoms in total. The van der Waals surface area contributed by atoms with Gasteiger partial charge in [0, 0.05) is 25.4 Å². The second-order valence-corrected chi connectivity index (χ2v) is 16.3. The van der Waals surface area contributed by atoms with E-state index in [2.05, 4.69) is 49.1 Å². The van der Waals surface area contributed by atoms with Gasteiger partial charge in [-0.2, -0.15) is 0 Å². The minimum Gasteiger partial charge on any atom is -0.508 e. The van der Waals surface area contributed by atoms with Crippen LogP contribution in [-0.4, -0.2) is 46.4 Å². The third-order valence-electron chi connectivity index (χ3n) is 12.9. The molecule has 3 aliphatic carbocycles. The Morgan fingerprint density at radius 2 is 1.57 bits per heavy atom. The minimum absolute atomic E-state index is 0.142. The zero-order valence-corrected chi connectivity index (χ0v) is 30.8. The Morgan fingerprint density at radius 3 is 2.33 bits per heavy atom. The van der Waals surface area contributed by atoms with Gasteiger partial charge < -0.3 is 15.1 Å². The molecule has 0 heterocycles. The summed E-state index contributed by atoms with van der Waals surface area (Å²) in [6.07, 6.45) is 19.8. The fourth-order valence-electron chi connectivity index (χ4n) is 10.1. The molecular formula is C44H66FNO3. The van der Waals surface area contributed by atoms with Gasteiger partial charge in [0.2, 0.25) is 5.91 Å². The molecule has 2 N–H and O–H groups in total. The minimum atomic E-state index is -0.966. The van der Waals surface area contributed by atoms with Crippen LogP contribution in [0.5, 0.6) is 5.75 Å². The molecule has 0 bridgehead atoms. The van der Waals surface area contributed by atoms with Crippen molar-refractivity contribution in [3.63, 3.8) is 0 Å². The highest BCUT2D eigenvalue weighted by Crippen LogP contribution is 2.63. The molecule has 0 saturated heterocycles. The first kappa shape index (κ1) is 37.8. The molecule has 0 unspecified atom stereocenters. The van der Waals surface area contributed by atoms with Gasteiger partial charge in [-0.25, -0.2) is 4.39 Å². The molecule has 2 fully saturated rings. The van der Waals surface area contributed by atoms with Crippen LogP contribution in [-0.2, 0) is 17.6 Å². The van der Waals surface area contributed by atoms with Crippen molar-refractivity contribution in [3.05, 3.63) is 65.2 Å². The number of aryl methyl sites for hydroxylation is 1. The number of benzene rings is 2. The average Bonchev–Trinajstić information content (AvgIpc) is 3.39. The third-order valence-corrected chi connectivity index (χ3v) is 12.9. The number of hydrogen-bond acceptors (Lipinski definition) is 3.